The van der Waals surface area contributed by atoms with Gasteiger partial charge in [-0.05, 0) is 19.3 Å². The zero-order valence-electron chi connectivity index (χ0n) is 13.9. The molecule has 4 heteroatoms. The van der Waals surface area contributed by atoms with Crippen molar-refractivity contribution >= 4 is 5.97 Å². The predicted octanol–water partition coefficient (Wildman–Crippen LogP) is 3.93. The number of aliphatic hydroxyl groups is 2. The third kappa shape index (κ3) is 14.1. The molecule has 0 radical (unpaired) electrons. The molecule has 0 aromatic rings. The summed E-state index contributed by atoms with van der Waals surface area (Å²) in [7, 11) is 1.41. The van der Waals surface area contributed by atoms with Crippen LogP contribution in [0.3, 0.4) is 0 Å². The van der Waals surface area contributed by atoms with E-state index in [0.717, 1.165) is 44.9 Å². The highest BCUT2D eigenvalue weighted by Gasteiger charge is 2.21. The summed E-state index contributed by atoms with van der Waals surface area (Å²) in [6.07, 6.45) is 11.7. The third-order valence-corrected chi connectivity index (χ3v) is 3.87. The molecule has 0 fully saturated rings. The first-order chi connectivity index (χ1) is 10.0. The average molecular weight is 302 g/mol. The molecule has 0 heterocycles. The topological polar surface area (TPSA) is 66.8 Å². The van der Waals surface area contributed by atoms with Gasteiger partial charge >= 0.3 is 5.97 Å². The minimum absolute atomic E-state index is 0.150. The van der Waals surface area contributed by atoms with Crippen LogP contribution in [0.4, 0.5) is 0 Å². The van der Waals surface area contributed by atoms with Crippen molar-refractivity contribution in [1.29, 1.82) is 0 Å². The van der Waals surface area contributed by atoms with Crippen LogP contribution < -0.4 is 0 Å². The first kappa shape index (κ1) is 20.4. The Kier molecular flexibility index (Phi) is 12.7. The van der Waals surface area contributed by atoms with Gasteiger partial charge in [0.05, 0.1) is 7.11 Å². The SMILES string of the molecule is CCCCCCCC(O)(O)CCCCCCCC(=O)OC. The molecule has 0 aliphatic carbocycles. The van der Waals surface area contributed by atoms with Crippen LogP contribution >= 0.6 is 0 Å². The van der Waals surface area contributed by atoms with E-state index < -0.39 is 5.79 Å². The van der Waals surface area contributed by atoms with Crippen molar-refractivity contribution in [3.8, 4) is 0 Å². The van der Waals surface area contributed by atoms with Gasteiger partial charge in [0.15, 0.2) is 5.79 Å². The number of hydrogen-bond acceptors (Lipinski definition) is 4. The lowest BCUT2D eigenvalue weighted by atomic mass is 9.99. The third-order valence-electron chi connectivity index (χ3n) is 3.87. The maximum absolute atomic E-state index is 10.9. The summed E-state index contributed by atoms with van der Waals surface area (Å²) in [5, 5.41) is 19.7. The Bertz CT molecular complexity index is 251. The van der Waals surface area contributed by atoms with Crippen molar-refractivity contribution in [1.82, 2.24) is 0 Å². The number of methoxy groups -OCH3 is 1. The van der Waals surface area contributed by atoms with Gasteiger partial charge in [0.2, 0.25) is 0 Å². The summed E-state index contributed by atoms with van der Waals surface area (Å²) in [6.45, 7) is 2.17. The van der Waals surface area contributed by atoms with Crippen LogP contribution in [0, 0.1) is 0 Å². The maximum atomic E-state index is 10.9. The molecule has 0 spiro atoms. The van der Waals surface area contributed by atoms with Gasteiger partial charge in [0, 0.05) is 19.3 Å². The van der Waals surface area contributed by atoms with Crippen LogP contribution in [-0.2, 0) is 9.53 Å². The highest BCUT2D eigenvalue weighted by molar-refractivity contribution is 5.68. The molecule has 0 bridgehead atoms. The van der Waals surface area contributed by atoms with Crippen LogP contribution in [0.1, 0.15) is 90.4 Å². The molecule has 0 aromatic heterocycles. The fourth-order valence-electron chi connectivity index (χ4n) is 2.45. The van der Waals surface area contributed by atoms with E-state index in [1.165, 1.54) is 26.4 Å². The lowest BCUT2D eigenvalue weighted by molar-refractivity contribution is -0.172. The predicted molar refractivity (Wildman–Crippen MR) is 84.9 cm³/mol. The largest absolute Gasteiger partial charge is 0.469 e. The van der Waals surface area contributed by atoms with E-state index in [1.54, 1.807) is 0 Å². The van der Waals surface area contributed by atoms with Gasteiger partial charge in [0.25, 0.3) is 0 Å². The number of carbonyl (C=O) groups is 1. The first-order valence-corrected chi connectivity index (χ1v) is 8.53. The summed E-state index contributed by atoms with van der Waals surface area (Å²) < 4.78 is 4.58. The van der Waals surface area contributed by atoms with Crippen molar-refractivity contribution < 1.29 is 19.7 Å². The maximum Gasteiger partial charge on any atom is 0.305 e. The molecule has 0 atom stereocenters. The van der Waals surface area contributed by atoms with Gasteiger partial charge < -0.3 is 14.9 Å². The fraction of sp³-hybridized carbons (Fsp3) is 0.941. The number of ether oxygens (including phenoxy) is 1. The molecule has 4 nitrogen and oxygen atoms in total. The van der Waals surface area contributed by atoms with Gasteiger partial charge in [-0.2, -0.15) is 0 Å². The summed E-state index contributed by atoms with van der Waals surface area (Å²) in [5.74, 6) is -1.64. The van der Waals surface area contributed by atoms with Crippen molar-refractivity contribution in [3.05, 3.63) is 0 Å². The van der Waals surface area contributed by atoms with Gasteiger partial charge in [0.1, 0.15) is 0 Å². The minimum Gasteiger partial charge on any atom is -0.469 e. The number of hydrogen-bond donors (Lipinski definition) is 2. The molecule has 0 aliphatic rings. The molecule has 126 valence electrons. The van der Waals surface area contributed by atoms with Crippen molar-refractivity contribution in [2.45, 2.75) is 96.2 Å². The van der Waals surface area contributed by atoms with Gasteiger partial charge in [-0.25, -0.2) is 0 Å². The first-order valence-electron chi connectivity index (χ1n) is 8.53. The van der Waals surface area contributed by atoms with Crippen LogP contribution in [0.2, 0.25) is 0 Å². The molecule has 0 unspecified atom stereocenters. The number of unbranched alkanes of at least 4 members (excludes halogenated alkanes) is 8. The lowest BCUT2D eigenvalue weighted by Gasteiger charge is -2.21. The Morgan fingerprint density at radius 2 is 1.33 bits per heavy atom. The highest BCUT2D eigenvalue weighted by Crippen LogP contribution is 2.20. The van der Waals surface area contributed by atoms with Crippen molar-refractivity contribution in [2.75, 3.05) is 7.11 Å². The zero-order chi connectivity index (χ0) is 16.0. The van der Waals surface area contributed by atoms with Gasteiger partial charge in [-0.15, -0.1) is 0 Å². The van der Waals surface area contributed by atoms with E-state index in [-0.39, 0.29) is 5.97 Å². The van der Waals surface area contributed by atoms with Crippen molar-refractivity contribution in [3.63, 3.8) is 0 Å². The normalized spacial score (nSPS) is 11.6. The quantitative estimate of drug-likeness (QED) is 0.290. The second-order valence-electron chi connectivity index (χ2n) is 5.99. The fourth-order valence-corrected chi connectivity index (χ4v) is 2.45. The second kappa shape index (κ2) is 13.1. The van der Waals surface area contributed by atoms with Gasteiger partial charge in [-0.3, -0.25) is 4.79 Å². The smallest absolute Gasteiger partial charge is 0.305 e. The summed E-state index contributed by atoms with van der Waals surface area (Å²) >= 11 is 0. The van der Waals surface area contributed by atoms with E-state index in [1.807, 2.05) is 0 Å². The van der Waals surface area contributed by atoms with E-state index in [4.69, 9.17) is 0 Å². The Morgan fingerprint density at radius 3 is 1.86 bits per heavy atom. The second-order valence-corrected chi connectivity index (χ2v) is 5.99. The molecule has 0 amide bonds. The summed E-state index contributed by atoms with van der Waals surface area (Å²) in [6, 6.07) is 0. The molecule has 0 rings (SSSR count). The van der Waals surface area contributed by atoms with Gasteiger partial charge in [-0.1, -0.05) is 51.9 Å². The Morgan fingerprint density at radius 1 is 0.857 bits per heavy atom. The van der Waals surface area contributed by atoms with Crippen LogP contribution in [0.5, 0.6) is 0 Å². The summed E-state index contributed by atoms with van der Waals surface area (Å²) in [5.41, 5.74) is 0. The molecule has 21 heavy (non-hydrogen) atoms. The lowest BCUT2D eigenvalue weighted by Crippen LogP contribution is -2.27. The van der Waals surface area contributed by atoms with Crippen LogP contribution in [0.25, 0.3) is 0 Å². The van der Waals surface area contributed by atoms with Crippen LogP contribution in [-0.4, -0.2) is 29.1 Å². The molecule has 2 N–H and O–H groups in total. The Labute approximate surface area is 129 Å². The van der Waals surface area contributed by atoms with Crippen LogP contribution in [0.15, 0.2) is 0 Å². The Balaban J connectivity index is 3.41. The standard InChI is InChI=1S/C17H34O4/c1-3-4-5-8-11-14-17(19,20)15-12-9-6-7-10-13-16(18)21-2/h19-20H,3-15H2,1-2H3. The molecular weight excluding hydrogens is 268 g/mol. The number of carbonyl (C=O) groups excluding carboxylic acids is 1. The Hall–Kier alpha value is -0.610. The minimum atomic E-state index is -1.49. The highest BCUT2D eigenvalue weighted by atomic mass is 16.5. The molecule has 0 aliphatic heterocycles. The monoisotopic (exact) mass is 302 g/mol. The van der Waals surface area contributed by atoms with Crippen molar-refractivity contribution in [2.24, 2.45) is 0 Å². The van der Waals surface area contributed by atoms with E-state index in [9.17, 15) is 15.0 Å². The average Bonchev–Trinajstić information content (AvgIpc) is 2.45. The molecule has 0 saturated carbocycles. The molecule has 0 aromatic carbocycles. The molecule has 0 saturated heterocycles. The summed E-state index contributed by atoms with van der Waals surface area (Å²) in [4.78, 5) is 10.9. The van der Waals surface area contributed by atoms with E-state index >= 15 is 0 Å². The molecular formula is C17H34O4. The zero-order valence-corrected chi connectivity index (χ0v) is 13.9. The number of rotatable bonds is 14. The number of esters is 1. The van der Waals surface area contributed by atoms with E-state index in [2.05, 4.69) is 11.7 Å². The van der Waals surface area contributed by atoms with E-state index in [0.29, 0.717) is 19.3 Å².